The van der Waals surface area contributed by atoms with Gasteiger partial charge in [-0.25, -0.2) is 23.1 Å². The van der Waals surface area contributed by atoms with Crippen LogP contribution in [0.25, 0.3) is 32.9 Å². The predicted octanol–water partition coefficient (Wildman–Crippen LogP) is 6.37. The van der Waals surface area contributed by atoms with Crippen molar-refractivity contribution < 1.29 is 30.2 Å². The van der Waals surface area contributed by atoms with Gasteiger partial charge in [0.15, 0.2) is 5.82 Å². The number of alkyl halides is 1. The number of pyridine rings is 1. The number of fused-ring (bicyclic) bond motifs is 3. The number of terminal acetylenes is 1. The number of halogens is 4. The highest BCUT2D eigenvalue weighted by atomic mass is 32.3. The van der Waals surface area contributed by atoms with E-state index in [0.717, 1.165) is 25.5 Å². The molecule has 8 nitrogen and oxygen atoms in total. The molecule has 2 atom stereocenters. The Labute approximate surface area is 274 Å². The molecule has 2 aromatic heterocycles. The van der Waals surface area contributed by atoms with E-state index in [9.17, 15) is 21.1 Å². The number of nitrogens with one attached hydrogen (secondary N) is 1. The van der Waals surface area contributed by atoms with Crippen LogP contribution in [0.1, 0.15) is 30.4 Å². The first-order valence-corrected chi connectivity index (χ1v) is 16.8. The Morgan fingerprint density at radius 2 is 1.96 bits per heavy atom. The number of aromatic nitrogens is 3. The standard InChI is InChI=1S/C35H29F4N5O3S/c1-2-25-28(37)11-10-22-7-4-9-26(29(22)25)31-30(38)32-27(33(42-31)40-14-12-21-6-3-8-24(16-21)48(39,45)46)18-41-34(43-32)47-20-35-13-5-15-44(35)19-23(36)17-35/h1,3-4,6-11,16,18,23H,5,12-15,17,19-20H2,(H,40,42)/t23-,35+/m1/s1. The van der Waals surface area contributed by atoms with Gasteiger partial charge in [-0.2, -0.15) is 13.4 Å². The van der Waals surface area contributed by atoms with Crippen LogP contribution in [0.4, 0.5) is 22.9 Å². The van der Waals surface area contributed by atoms with Crippen LogP contribution in [-0.2, 0) is 16.6 Å². The lowest BCUT2D eigenvalue weighted by atomic mass is 9.95. The first-order chi connectivity index (χ1) is 23.1. The Bertz CT molecular complexity index is 2230. The quantitative estimate of drug-likeness (QED) is 0.109. The molecule has 4 heterocycles. The monoisotopic (exact) mass is 675 g/mol. The van der Waals surface area contributed by atoms with E-state index in [1.54, 1.807) is 30.3 Å². The predicted molar refractivity (Wildman–Crippen MR) is 174 cm³/mol. The summed E-state index contributed by atoms with van der Waals surface area (Å²) < 4.78 is 88.2. The normalized spacial score (nSPS) is 19.4. The molecule has 7 rings (SSSR count). The minimum absolute atomic E-state index is 0.0450. The number of rotatable bonds is 9. The third-order valence-electron chi connectivity index (χ3n) is 9.17. The molecule has 0 saturated carbocycles. The summed E-state index contributed by atoms with van der Waals surface area (Å²) in [5.74, 6) is 1.11. The zero-order valence-electron chi connectivity index (χ0n) is 25.5. The summed E-state index contributed by atoms with van der Waals surface area (Å²) >= 11 is 0. The average Bonchev–Trinajstić information content (AvgIpc) is 3.60. The minimum atomic E-state index is -4.89. The van der Waals surface area contributed by atoms with Gasteiger partial charge in [-0.1, -0.05) is 42.3 Å². The Hall–Kier alpha value is -4.80. The number of nitrogens with zero attached hydrogens (tertiary/aromatic N) is 4. The van der Waals surface area contributed by atoms with Crippen molar-refractivity contribution in [3.63, 3.8) is 0 Å². The second kappa shape index (κ2) is 12.3. The van der Waals surface area contributed by atoms with Gasteiger partial charge in [-0.05, 0) is 55.0 Å². The van der Waals surface area contributed by atoms with Gasteiger partial charge in [0, 0.05) is 36.7 Å². The molecule has 0 unspecified atom stereocenters. The van der Waals surface area contributed by atoms with E-state index in [1.807, 2.05) is 0 Å². The molecule has 1 N–H and O–H groups in total. The summed E-state index contributed by atoms with van der Waals surface area (Å²) in [5.41, 5.74) is -0.00945. The van der Waals surface area contributed by atoms with E-state index in [1.165, 1.54) is 24.4 Å². The summed E-state index contributed by atoms with van der Waals surface area (Å²) in [6.45, 7) is 1.45. The van der Waals surface area contributed by atoms with E-state index in [-0.39, 0.29) is 59.1 Å². The van der Waals surface area contributed by atoms with E-state index < -0.39 is 38.5 Å². The van der Waals surface area contributed by atoms with Crippen LogP contribution in [0.3, 0.4) is 0 Å². The highest BCUT2D eigenvalue weighted by Gasteiger charge is 2.49. The Balaban J connectivity index is 1.29. The van der Waals surface area contributed by atoms with Gasteiger partial charge in [-0.15, -0.1) is 10.3 Å². The molecule has 2 fully saturated rings. The zero-order valence-corrected chi connectivity index (χ0v) is 26.3. The molecule has 5 aromatic rings. The van der Waals surface area contributed by atoms with Crippen molar-refractivity contribution in [2.45, 2.75) is 42.3 Å². The van der Waals surface area contributed by atoms with Gasteiger partial charge in [0.05, 0.1) is 21.4 Å². The van der Waals surface area contributed by atoms with Crippen molar-refractivity contribution in [1.82, 2.24) is 19.9 Å². The van der Waals surface area contributed by atoms with E-state index >= 15 is 4.39 Å². The summed E-state index contributed by atoms with van der Waals surface area (Å²) in [6, 6.07) is 13.2. The van der Waals surface area contributed by atoms with Crippen LogP contribution in [-0.4, -0.2) is 66.2 Å². The van der Waals surface area contributed by atoms with Crippen molar-refractivity contribution in [1.29, 1.82) is 0 Å². The fourth-order valence-electron chi connectivity index (χ4n) is 6.94. The number of ether oxygens (including phenoxy) is 1. The summed E-state index contributed by atoms with van der Waals surface area (Å²) in [5, 5.41) is 4.24. The van der Waals surface area contributed by atoms with Gasteiger partial charge in [0.2, 0.25) is 0 Å². The molecular formula is C35H29F4N5O3S. The maximum Gasteiger partial charge on any atom is 0.332 e. The SMILES string of the molecule is C#Cc1c(F)ccc2cccc(-c3nc(NCCc4cccc(S(=O)(=O)F)c4)c4cnc(OC[C@@]56CCCN5C[C@H](F)C6)nc4c3F)c12. The van der Waals surface area contributed by atoms with Crippen molar-refractivity contribution in [2.75, 3.05) is 31.6 Å². The molecule has 0 aliphatic carbocycles. The fourth-order valence-corrected chi connectivity index (χ4v) is 7.47. The van der Waals surface area contributed by atoms with Crippen LogP contribution < -0.4 is 10.1 Å². The van der Waals surface area contributed by atoms with Gasteiger partial charge in [-0.3, -0.25) is 4.90 Å². The molecule has 48 heavy (non-hydrogen) atoms. The van der Waals surface area contributed by atoms with Gasteiger partial charge in [0.1, 0.15) is 35.6 Å². The second-order valence-corrected chi connectivity index (χ2v) is 13.5. The molecule has 2 saturated heterocycles. The third-order valence-corrected chi connectivity index (χ3v) is 9.99. The molecule has 0 amide bonds. The van der Waals surface area contributed by atoms with Crippen molar-refractivity contribution in [3.8, 4) is 29.6 Å². The van der Waals surface area contributed by atoms with Gasteiger partial charge in [0.25, 0.3) is 0 Å². The highest BCUT2D eigenvalue weighted by molar-refractivity contribution is 7.86. The van der Waals surface area contributed by atoms with Crippen molar-refractivity contribution in [2.24, 2.45) is 0 Å². The highest BCUT2D eigenvalue weighted by Crippen LogP contribution is 2.41. The Morgan fingerprint density at radius 1 is 1.12 bits per heavy atom. The van der Waals surface area contributed by atoms with Crippen LogP contribution in [0.5, 0.6) is 6.01 Å². The lowest BCUT2D eigenvalue weighted by Crippen LogP contribution is -2.43. The summed E-state index contributed by atoms with van der Waals surface area (Å²) in [6.07, 6.45) is 8.41. The maximum atomic E-state index is 16.6. The second-order valence-electron chi connectivity index (χ2n) is 12.1. The molecule has 3 aromatic carbocycles. The number of hydrogen-bond donors (Lipinski definition) is 1. The van der Waals surface area contributed by atoms with Crippen LogP contribution >= 0.6 is 0 Å². The molecule has 0 radical (unpaired) electrons. The average molecular weight is 676 g/mol. The summed E-state index contributed by atoms with van der Waals surface area (Å²) in [4.78, 5) is 15.0. The fraction of sp³-hybridized carbons (Fsp3) is 0.286. The number of hydrogen-bond acceptors (Lipinski definition) is 8. The maximum absolute atomic E-state index is 16.6. The van der Waals surface area contributed by atoms with E-state index in [2.05, 4.69) is 31.1 Å². The first-order valence-electron chi connectivity index (χ1n) is 15.4. The van der Waals surface area contributed by atoms with Crippen LogP contribution in [0.15, 0.2) is 65.7 Å². The van der Waals surface area contributed by atoms with E-state index in [4.69, 9.17) is 11.2 Å². The van der Waals surface area contributed by atoms with Crippen LogP contribution in [0, 0.1) is 24.0 Å². The Kier molecular flexibility index (Phi) is 8.17. The topological polar surface area (TPSA) is 97.3 Å². The largest absolute Gasteiger partial charge is 0.461 e. The molecule has 0 bridgehead atoms. The summed E-state index contributed by atoms with van der Waals surface area (Å²) in [7, 11) is -4.89. The third kappa shape index (κ3) is 5.79. The smallest absolute Gasteiger partial charge is 0.332 e. The van der Waals surface area contributed by atoms with Crippen molar-refractivity contribution >= 4 is 37.7 Å². The van der Waals surface area contributed by atoms with Gasteiger partial charge < -0.3 is 10.1 Å². The zero-order chi connectivity index (χ0) is 33.6. The molecule has 2 aliphatic heterocycles. The molecule has 2 aliphatic rings. The van der Waals surface area contributed by atoms with Crippen LogP contribution in [0.2, 0.25) is 0 Å². The molecular weight excluding hydrogens is 646 g/mol. The molecule has 13 heteroatoms. The van der Waals surface area contributed by atoms with Gasteiger partial charge >= 0.3 is 16.2 Å². The lowest BCUT2D eigenvalue weighted by molar-refractivity contribution is 0.107. The first kappa shape index (κ1) is 31.8. The number of benzene rings is 3. The lowest BCUT2D eigenvalue weighted by Gasteiger charge is -2.30. The van der Waals surface area contributed by atoms with E-state index in [0.29, 0.717) is 29.3 Å². The molecule has 0 spiro atoms. The molecule has 246 valence electrons. The number of anilines is 1. The van der Waals surface area contributed by atoms with Crippen molar-refractivity contribution in [3.05, 3.63) is 83.6 Å². The Morgan fingerprint density at radius 3 is 2.77 bits per heavy atom. The minimum Gasteiger partial charge on any atom is -0.461 e.